The first kappa shape index (κ1) is 13.3. The van der Waals surface area contributed by atoms with E-state index in [1.165, 1.54) is 11.9 Å². The van der Waals surface area contributed by atoms with Gasteiger partial charge in [-0.1, -0.05) is 0 Å². The molecule has 5 nitrogen and oxygen atoms in total. The van der Waals surface area contributed by atoms with Crippen molar-refractivity contribution >= 4 is 5.82 Å². The van der Waals surface area contributed by atoms with E-state index in [9.17, 15) is 0 Å². The van der Waals surface area contributed by atoms with Crippen molar-refractivity contribution in [1.82, 2.24) is 15.0 Å². The highest BCUT2D eigenvalue weighted by Gasteiger charge is 2.01. The van der Waals surface area contributed by atoms with Gasteiger partial charge in [-0.05, 0) is 38.0 Å². The standard InChI is InChI=1S/C14H18N4O/c1-11(2)19-14-9-13(17-10-18-14)16-8-5-12-3-6-15-7-4-12/h3-4,6-7,9-11H,5,8H2,1-2H3,(H,16,17,18). The van der Waals surface area contributed by atoms with Crippen LogP contribution in [0.4, 0.5) is 5.82 Å². The Morgan fingerprint density at radius 3 is 2.74 bits per heavy atom. The molecule has 0 aliphatic rings. The molecular formula is C14H18N4O. The van der Waals surface area contributed by atoms with E-state index in [-0.39, 0.29) is 6.10 Å². The van der Waals surface area contributed by atoms with Crippen LogP contribution in [0.25, 0.3) is 0 Å². The van der Waals surface area contributed by atoms with Crippen LogP contribution in [0.3, 0.4) is 0 Å². The summed E-state index contributed by atoms with van der Waals surface area (Å²) in [7, 11) is 0. The predicted octanol–water partition coefficient (Wildman–Crippen LogP) is 2.31. The van der Waals surface area contributed by atoms with E-state index in [4.69, 9.17) is 4.74 Å². The number of ether oxygens (including phenoxy) is 1. The molecule has 19 heavy (non-hydrogen) atoms. The summed E-state index contributed by atoms with van der Waals surface area (Å²) in [6.07, 6.45) is 6.14. The summed E-state index contributed by atoms with van der Waals surface area (Å²) in [6, 6.07) is 5.83. The minimum Gasteiger partial charge on any atom is -0.475 e. The Hall–Kier alpha value is -2.17. The minimum absolute atomic E-state index is 0.111. The predicted molar refractivity (Wildman–Crippen MR) is 74.2 cm³/mol. The van der Waals surface area contributed by atoms with Gasteiger partial charge in [0, 0.05) is 25.0 Å². The number of rotatable bonds is 6. The molecule has 2 rings (SSSR count). The van der Waals surface area contributed by atoms with Crippen LogP contribution in [-0.2, 0) is 6.42 Å². The molecule has 0 saturated heterocycles. The Morgan fingerprint density at radius 1 is 1.21 bits per heavy atom. The Morgan fingerprint density at radius 2 is 2.00 bits per heavy atom. The van der Waals surface area contributed by atoms with Crippen LogP contribution in [0.5, 0.6) is 5.88 Å². The Balaban J connectivity index is 1.86. The average Bonchev–Trinajstić information content (AvgIpc) is 2.40. The van der Waals surface area contributed by atoms with Gasteiger partial charge in [0.05, 0.1) is 6.10 Å². The maximum Gasteiger partial charge on any atom is 0.218 e. The molecule has 0 atom stereocenters. The smallest absolute Gasteiger partial charge is 0.218 e. The van der Waals surface area contributed by atoms with Gasteiger partial charge in [-0.15, -0.1) is 0 Å². The molecule has 0 unspecified atom stereocenters. The first-order chi connectivity index (χ1) is 9.24. The molecule has 1 N–H and O–H groups in total. The second kappa shape index (κ2) is 6.68. The van der Waals surface area contributed by atoms with Gasteiger partial charge >= 0.3 is 0 Å². The lowest BCUT2D eigenvalue weighted by Crippen LogP contribution is -2.09. The van der Waals surface area contributed by atoms with Crippen LogP contribution >= 0.6 is 0 Å². The van der Waals surface area contributed by atoms with E-state index in [2.05, 4.69) is 20.3 Å². The Labute approximate surface area is 113 Å². The molecule has 5 heteroatoms. The Bertz CT molecular complexity index is 502. The quantitative estimate of drug-likeness (QED) is 0.861. The molecular weight excluding hydrogens is 240 g/mol. The number of hydrogen-bond acceptors (Lipinski definition) is 5. The maximum absolute atomic E-state index is 5.52. The lowest BCUT2D eigenvalue weighted by Gasteiger charge is -2.10. The fourth-order valence-electron chi connectivity index (χ4n) is 1.63. The third-order valence-electron chi connectivity index (χ3n) is 2.47. The first-order valence-electron chi connectivity index (χ1n) is 6.35. The monoisotopic (exact) mass is 258 g/mol. The van der Waals surface area contributed by atoms with Crippen molar-refractivity contribution in [3.63, 3.8) is 0 Å². The van der Waals surface area contributed by atoms with E-state index in [0.29, 0.717) is 5.88 Å². The molecule has 2 aromatic rings. The maximum atomic E-state index is 5.52. The topological polar surface area (TPSA) is 59.9 Å². The van der Waals surface area contributed by atoms with Gasteiger partial charge in [-0.2, -0.15) is 0 Å². The summed E-state index contributed by atoms with van der Waals surface area (Å²) < 4.78 is 5.52. The minimum atomic E-state index is 0.111. The third-order valence-corrected chi connectivity index (χ3v) is 2.47. The molecule has 2 heterocycles. The fourth-order valence-corrected chi connectivity index (χ4v) is 1.63. The zero-order valence-electron chi connectivity index (χ0n) is 11.2. The number of hydrogen-bond donors (Lipinski definition) is 1. The molecule has 0 saturated carbocycles. The molecule has 2 aromatic heterocycles. The van der Waals surface area contributed by atoms with E-state index in [1.807, 2.05) is 32.0 Å². The molecule has 0 spiro atoms. The summed E-state index contributed by atoms with van der Waals surface area (Å²) in [4.78, 5) is 12.2. The molecule has 0 aliphatic heterocycles. The summed E-state index contributed by atoms with van der Waals surface area (Å²) in [5.74, 6) is 1.37. The van der Waals surface area contributed by atoms with Crippen molar-refractivity contribution in [3.8, 4) is 5.88 Å². The Kier molecular flexibility index (Phi) is 4.66. The lowest BCUT2D eigenvalue weighted by atomic mass is 10.2. The number of anilines is 1. The van der Waals surface area contributed by atoms with Gasteiger partial charge in [-0.3, -0.25) is 4.98 Å². The van der Waals surface area contributed by atoms with Crippen molar-refractivity contribution in [2.45, 2.75) is 26.4 Å². The molecule has 0 aromatic carbocycles. The highest BCUT2D eigenvalue weighted by Crippen LogP contribution is 2.12. The van der Waals surface area contributed by atoms with Crippen LogP contribution in [0.1, 0.15) is 19.4 Å². The van der Waals surface area contributed by atoms with E-state index < -0.39 is 0 Å². The van der Waals surface area contributed by atoms with Crippen molar-refractivity contribution in [3.05, 3.63) is 42.5 Å². The third kappa shape index (κ3) is 4.54. The van der Waals surface area contributed by atoms with E-state index >= 15 is 0 Å². The first-order valence-corrected chi connectivity index (χ1v) is 6.35. The van der Waals surface area contributed by atoms with Gasteiger partial charge in [0.25, 0.3) is 0 Å². The molecule has 0 amide bonds. The van der Waals surface area contributed by atoms with Gasteiger partial charge in [0.2, 0.25) is 5.88 Å². The zero-order valence-corrected chi connectivity index (χ0v) is 11.2. The largest absolute Gasteiger partial charge is 0.475 e. The van der Waals surface area contributed by atoms with Crippen LogP contribution in [0, 0.1) is 0 Å². The second-order valence-electron chi connectivity index (χ2n) is 4.44. The van der Waals surface area contributed by atoms with Crippen LogP contribution in [-0.4, -0.2) is 27.6 Å². The zero-order chi connectivity index (χ0) is 13.5. The van der Waals surface area contributed by atoms with E-state index in [0.717, 1.165) is 18.8 Å². The molecule has 0 fully saturated rings. The SMILES string of the molecule is CC(C)Oc1cc(NCCc2ccncc2)ncn1. The second-order valence-corrected chi connectivity index (χ2v) is 4.44. The summed E-state index contributed by atoms with van der Waals surface area (Å²) in [6.45, 7) is 4.75. The summed E-state index contributed by atoms with van der Waals surface area (Å²) in [5.41, 5.74) is 1.25. The highest BCUT2D eigenvalue weighted by atomic mass is 16.5. The number of nitrogens with one attached hydrogen (secondary N) is 1. The lowest BCUT2D eigenvalue weighted by molar-refractivity contribution is 0.232. The molecule has 0 aliphatic carbocycles. The summed E-state index contributed by atoms with van der Waals surface area (Å²) in [5, 5.41) is 3.26. The fraction of sp³-hybridized carbons (Fsp3) is 0.357. The van der Waals surface area contributed by atoms with Gasteiger partial charge in [-0.25, -0.2) is 9.97 Å². The van der Waals surface area contributed by atoms with Crippen LogP contribution < -0.4 is 10.1 Å². The average molecular weight is 258 g/mol. The molecule has 0 radical (unpaired) electrons. The molecule has 0 bridgehead atoms. The van der Waals surface area contributed by atoms with Crippen LogP contribution in [0.2, 0.25) is 0 Å². The highest BCUT2D eigenvalue weighted by molar-refractivity contribution is 5.37. The van der Waals surface area contributed by atoms with Crippen molar-refractivity contribution < 1.29 is 4.74 Å². The van der Waals surface area contributed by atoms with E-state index in [1.54, 1.807) is 12.4 Å². The molecule has 100 valence electrons. The van der Waals surface area contributed by atoms with Crippen molar-refractivity contribution in [2.24, 2.45) is 0 Å². The number of pyridine rings is 1. The van der Waals surface area contributed by atoms with Gasteiger partial charge < -0.3 is 10.1 Å². The number of nitrogens with zero attached hydrogens (tertiary/aromatic N) is 3. The summed E-state index contributed by atoms with van der Waals surface area (Å²) >= 11 is 0. The normalized spacial score (nSPS) is 10.5. The number of aromatic nitrogens is 3. The van der Waals surface area contributed by atoms with Crippen LogP contribution in [0.15, 0.2) is 36.9 Å². The van der Waals surface area contributed by atoms with Gasteiger partial charge in [0.15, 0.2) is 0 Å². The van der Waals surface area contributed by atoms with Crippen molar-refractivity contribution in [1.29, 1.82) is 0 Å². The van der Waals surface area contributed by atoms with Gasteiger partial charge in [0.1, 0.15) is 12.1 Å². The van der Waals surface area contributed by atoms with Crippen molar-refractivity contribution in [2.75, 3.05) is 11.9 Å².